The van der Waals surface area contributed by atoms with Gasteiger partial charge in [0.1, 0.15) is 5.75 Å². The van der Waals surface area contributed by atoms with Crippen molar-refractivity contribution in [2.45, 2.75) is 17.7 Å². The van der Waals surface area contributed by atoms with E-state index in [0.717, 1.165) is 4.90 Å². The number of aromatic hydroxyl groups is 1. The van der Waals surface area contributed by atoms with Crippen LogP contribution in [-0.4, -0.2) is 11.0 Å². The second kappa shape index (κ2) is 4.18. The van der Waals surface area contributed by atoms with Crippen molar-refractivity contribution in [2.24, 2.45) is 5.73 Å². The molecule has 13 heavy (non-hydrogen) atoms. The van der Waals surface area contributed by atoms with Crippen LogP contribution in [0.25, 0.3) is 0 Å². The number of thiol groups is 1. The molecule has 0 aromatic heterocycles. The predicted octanol–water partition coefficient (Wildman–Crippen LogP) is 1.10. The number of nitrogens with two attached hydrogens (primary N) is 1. The molecule has 0 aliphatic rings. The van der Waals surface area contributed by atoms with Crippen LogP contribution in [0.2, 0.25) is 0 Å². The van der Waals surface area contributed by atoms with E-state index in [1.165, 1.54) is 0 Å². The van der Waals surface area contributed by atoms with Gasteiger partial charge in [0.2, 0.25) is 5.91 Å². The summed E-state index contributed by atoms with van der Waals surface area (Å²) < 4.78 is 0. The molecule has 0 unspecified atom stereocenters. The fourth-order valence-electron chi connectivity index (χ4n) is 1.03. The molecular weight excluding hydrogens is 186 g/mol. The molecule has 0 bridgehead atoms. The summed E-state index contributed by atoms with van der Waals surface area (Å²) in [6, 6.07) is 4.96. The van der Waals surface area contributed by atoms with E-state index >= 15 is 0 Å². The molecule has 1 amide bonds. The maximum Gasteiger partial charge on any atom is 0.217 e. The quantitative estimate of drug-likeness (QED) is 0.635. The van der Waals surface area contributed by atoms with E-state index in [-0.39, 0.29) is 18.1 Å². The van der Waals surface area contributed by atoms with Crippen LogP contribution in [0.4, 0.5) is 0 Å². The monoisotopic (exact) mass is 197 g/mol. The number of rotatable bonds is 3. The molecule has 0 aliphatic carbocycles. The number of phenols is 1. The third-order valence-corrected chi connectivity index (χ3v) is 1.98. The van der Waals surface area contributed by atoms with E-state index in [1.807, 2.05) is 0 Å². The summed E-state index contributed by atoms with van der Waals surface area (Å²) >= 11 is 4.12. The highest BCUT2D eigenvalue weighted by Gasteiger charge is 2.03. The standard InChI is InChI=1S/C9H11NO2S/c10-9(12)4-1-6-5-7(13)2-3-8(6)11/h2-3,5,11,13H,1,4H2,(H2,10,12). The minimum Gasteiger partial charge on any atom is -0.508 e. The van der Waals surface area contributed by atoms with Gasteiger partial charge in [-0.25, -0.2) is 0 Å². The summed E-state index contributed by atoms with van der Waals surface area (Å²) in [5, 5.41) is 9.36. The van der Waals surface area contributed by atoms with Gasteiger partial charge in [-0.15, -0.1) is 12.6 Å². The zero-order chi connectivity index (χ0) is 9.84. The second-order valence-corrected chi connectivity index (χ2v) is 3.30. The number of carbonyl (C=O) groups excluding carboxylic acids is 1. The SMILES string of the molecule is NC(=O)CCc1cc(S)ccc1O. The Morgan fingerprint density at radius 2 is 2.23 bits per heavy atom. The smallest absolute Gasteiger partial charge is 0.217 e. The van der Waals surface area contributed by atoms with Gasteiger partial charge in [0.25, 0.3) is 0 Å². The molecule has 70 valence electrons. The molecule has 0 spiro atoms. The Kier molecular flexibility index (Phi) is 3.19. The van der Waals surface area contributed by atoms with Crippen molar-refractivity contribution in [1.82, 2.24) is 0 Å². The Morgan fingerprint density at radius 3 is 2.85 bits per heavy atom. The first-order valence-electron chi connectivity index (χ1n) is 3.89. The first kappa shape index (κ1) is 9.92. The molecule has 0 fully saturated rings. The van der Waals surface area contributed by atoms with Crippen molar-refractivity contribution in [2.75, 3.05) is 0 Å². The Hall–Kier alpha value is -1.16. The average Bonchev–Trinajstić information content (AvgIpc) is 2.06. The van der Waals surface area contributed by atoms with Crippen molar-refractivity contribution >= 4 is 18.5 Å². The minimum absolute atomic E-state index is 0.180. The highest BCUT2D eigenvalue weighted by atomic mass is 32.1. The summed E-state index contributed by atoms with van der Waals surface area (Å²) in [6.45, 7) is 0. The van der Waals surface area contributed by atoms with Gasteiger partial charge in [-0.2, -0.15) is 0 Å². The Labute approximate surface area is 82.0 Å². The Bertz CT molecular complexity index is 325. The van der Waals surface area contributed by atoms with Crippen molar-refractivity contribution < 1.29 is 9.90 Å². The minimum atomic E-state index is -0.371. The van der Waals surface area contributed by atoms with Crippen LogP contribution >= 0.6 is 12.6 Å². The number of aryl methyl sites for hydroxylation is 1. The summed E-state index contributed by atoms with van der Waals surface area (Å²) in [7, 11) is 0. The van der Waals surface area contributed by atoms with Crippen molar-refractivity contribution in [3.05, 3.63) is 23.8 Å². The maximum atomic E-state index is 10.5. The molecule has 0 atom stereocenters. The van der Waals surface area contributed by atoms with E-state index in [1.54, 1.807) is 18.2 Å². The van der Waals surface area contributed by atoms with Gasteiger partial charge in [-0.3, -0.25) is 4.79 Å². The molecule has 3 nitrogen and oxygen atoms in total. The van der Waals surface area contributed by atoms with Crippen LogP contribution in [0.3, 0.4) is 0 Å². The molecule has 0 heterocycles. The number of carbonyl (C=O) groups is 1. The van der Waals surface area contributed by atoms with E-state index in [4.69, 9.17) is 5.73 Å². The van der Waals surface area contributed by atoms with E-state index in [9.17, 15) is 9.90 Å². The largest absolute Gasteiger partial charge is 0.508 e. The van der Waals surface area contributed by atoms with Crippen molar-refractivity contribution in [3.8, 4) is 5.75 Å². The lowest BCUT2D eigenvalue weighted by Crippen LogP contribution is -2.11. The molecule has 0 aliphatic heterocycles. The van der Waals surface area contributed by atoms with Crippen LogP contribution in [0.5, 0.6) is 5.75 Å². The number of hydrogen-bond acceptors (Lipinski definition) is 3. The third-order valence-electron chi connectivity index (χ3n) is 1.70. The van der Waals surface area contributed by atoms with E-state index in [0.29, 0.717) is 12.0 Å². The molecule has 0 saturated carbocycles. The summed E-state index contributed by atoms with van der Waals surface area (Å²) in [4.78, 5) is 11.3. The average molecular weight is 197 g/mol. The number of primary amides is 1. The topological polar surface area (TPSA) is 63.3 Å². The highest BCUT2D eigenvalue weighted by Crippen LogP contribution is 2.21. The Morgan fingerprint density at radius 1 is 1.54 bits per heavy atom. The molecule has 3 N–H and O–H groups in total. The lowest BCUT2D eigenvalue weighted by molar-refractivity contribution is -0.117. The van der Waals surface area contributed by atoms with Crippen molar-refractivity contribution in [3.63, 3.8) is 0 Å². The lowest BCUT2D eigenvalue weighted by atomic mass is 10.1. The van der Waals surface area contributed by atoms with Gasteiger partial charge >= 0.3 is 0 Å². The summed E-state index contributed by atoms with van der Waals surface area (Å²) in [5.41, 5.74) is 5.69. The fourth-order valence-corrected chi connectivity index (χ4v) is 1.26. The fraction of sp³-hybridized carbons (Fsp3) is 0.222. The van der Waals surface area contributed by atoms with Crippen LogP contribution in [0.15, 0.2) is 23.1 Å². The van der Waals surface area contributed by atoms with Gasteiger partial charge in [0.05, 0.1) is 0 Å². The summed E-state index contributed by atoms with van der Waals surface area (Å²) in [5.74, 6) is -0.192. The zero-order valence-corrected chi connectivity index (χ0v) is 7.92. The number of phenolic OH excluding ortho intramolecular Hbond substituents is 1. The van der Waals surface area contributed by atoms with Crippen LogP contribution in [0, 0.1) is 0 Å². The van der Waals surface area contributed by atoms with E-state index in [2.05, 4.69) is 12.6 Å². The van der Waals surface area contributed by atoms with Gasteiger partial charge in [0, 0.05) is 11.3 Å². The van der Waals surface area contributed by atoms with Crippen molar-refractivity contribution in [1.29, 1.82) is 0 Å². The van der Waals surface area contributed by atoms with Crippen LogP contribution in [-0.2, 0) is 11.2 Å². The third kappa shape index (κ3) is 2.99. The van der Waals surface area contributed by atoms with Gasteiger partial charge in [-0.05, 0) is 30.2 Å². The van der Waals surface area contributed by atoms with Gasteiger partial charge in [-0.1, -0.05) is 0 Å². The molecule has 1 rings (SSSR count). The predicted molar refractivity (Wildman–Crippen MR) is 52.9 cm³/mol. The molecule has 0 radical (unpaired) electrons. The first-order chi connectivity index (χ1) is 6.09. The molecule has 1 aromatic rings. The maximum absolute atomic E-state index is 10.5. The highest BCUT2D eigenvalue weighted by molar-refractivity contribution is 7.80. The summed E-state index contributed by atoms with van der Waals surface area (Å²) in [6.07, 6.45) is 0.695. The van der Waals surface area contributed by atoms with Gasteiger partial charge < -0.3 is 10.8 Å². The normalized spacial score (nSPS) is 9.92. The lowest BCUT2D eigenvalue weighted by Gasteiger charge is -2.03. The Balaban J connectivity index is 2.75. The number of hydrogen-bond donors (Lipinski definition) is 3. The number of amides is 1. The van der Waals surface area contributed by atoms with Crippen LogP contribution < -0.4 is 5.73 Å². The molecular formula is C9H11NO2S. The van der Waals surface area contributed by atoms with E-state index < -0.39 is 0 Å². The second-order valence-electron chi connectivity index (χ2n) is 2.78. The molecule has 4 heteroatoms. The van der Waals surface area contributed by atoms with Gasteiger partial charge in [0.15, 0.2) is 0 Å². The first-order valence-corrected chi connectivity index (χ1v) is 4.33. The molecule has 0 saturated heterocycles. The van der Waals surface area contributed by atoms with Crippen LogP contribution in [0.1, 0.15) is 12.0 Å². The number of benzene rings is 1. The zero-order valence-electron chi connectivity index (χ0n) is 7.03. The molecule has 1 aromatic carbocycles.